The highest BCUT2D eigenvalue weighted by Crippen LogP contribution is 2.10. The van der Waals surface area contributed by atoms with Crippen molar-refractivity contribution in [3.05, 3.63) is 12.2 Å². The summed E-state index contributed by atoms with van der Waals surface area (Å²) in [5, 5.41) is 14.7. The summed E-state index contributed by atoms with van der Waals surface area (Å²) in [7, 11) is 0. The molecular weight excluding hydrogens is 166 g/mol. The zero-order chi connectivity index (χ0) is 9.68. The molecule has 13 heavy (non-hydrogen) atoms. The standard InChI is InChI=1S/C9H17N3O/c1-7(9(10)12-13)11-8-5-3-2-4-6-8/h2-3,7-8,11,13H,4-6H2,1H3,(H2,10,12). The number of allylic oxidation sites excluding steroid dienone is 1. The molecule has 1 aliphatic carbocycles. The van der Waals surface area contributed by atoms with Gasteiger partial charge in [0, 0.05) is 6.04 Å². The van der Waals surface area contributed by atoms with Gasteiger partial charge < -0.3 is 16.3 Å². The van der Waals surface area contributed by atoms with E-state index in [0.717, 1.165) is 19.3 Å². The molecule has 0 radical (unpaired) electrons. The van der Waals surface area contributed by atoms with E-state index in [1.807, 2.05) is 6.92 Å². The molecule has 2 unspecified atom stereocenters. The number of hydrogen-bond donors (Lipinski definition) is 3. The molecule has 0 bridgehead atoms. The zero-order valence-electron chi connectivity index (χ0n) is 7.90. The first-order chi connectivity index (χ1) is 6.24. The molecule has 0 aromatic heterocycles. The first kappa shape index (κ1) is 10.1. The Morgan fingerprint density at radius 1 is 1.69 bits per heavy atom. The van der Waals surface area contributed by atoms with Gasteiger partial charge in [-0.15, -0.1) is 0 Å². The Bertz CT molecular complexity index is 213. The molecule has 0 fully saturated rings. The highest BCUT2D eigenvalue weighted by molar-refractivity contribution is 5.84. The van der Waals surface area contributed by atoms with Crippen molar-refractivity contribution in [2.24, 2.45) is 10.9 Å². The number of amidine groups is 1. The molecule has 1 rings (SSSR count). The molecule has 74 valence electrons. The van der Waals surface area contributed by atoms with Crippen molar-refractivity contribution >= 4 is 5.84 Å². The smallest absolute Gasteiger partial charge is 0.156 e. The van der Waals surface area contributed by atoms with Gasteiger partial charge in [0.2, 0.25) is 0 Å². The zero-order valence-corrected chi connectivity index (χ0v) is 7.90. The number of nitrogens with two attached hydrogens (primary N) is 1. The molecule has 0 heterocycles. The number of rotatable bonds is 3. The Morgan fingerprint density at radius 3 is 3.00 bits per heavy atom. The Kier molecular flexibility index (Phi) is 3.76. The molecule has 0 aromatic carbocycles. The summed E-state index contributed by atoms with van der Waals surface area (Å²) < 4.78 is 0. The van der Waals surface area contributed by atoms with Crippen LogP contribution in [-0.4, -0.2) is 23.1 Å². The van der Waals surface area contributed by atoms with Crippen LogP contribution in [0.1, 0.15) is 26.2 Å². The predicted molar refractivity (Wildman–Crippen MR) is 52.8 cm³/mol. The van der Waals surface area contributed by atoms with Crippen LogP contribution in [0.25, 0.3) is 0 Å². The molecule has 1 aliphatic rings. The van der Waals surface area contributed by atoms with E-state index < -0.39 is 0 Å². The molecule has 4 nitrogen and oxygen atoms in total. The van der Waals surface area contributed by atoms with Crippen LogP contribution in [0.5, 0.6) is 0 Å². The molecule has 0 aromatic rings. The van der Waals surface area contributed by atoms with Gasteiger partial charge >= 0.3 is 0 Å². The number of nitrogens with one attached hydrogen (secondary N) is 1. The Balaban J connectivity index is 2.35. The van der Waals surface area contributed by atoms with Crippen LogP contribution < -0.4 is 11.1 Å². The van der Waals surface area contributed by atoms with Gasteiger partial charge in [0.1, 0.15) is 0 Å². The van der Waals surface area contributed by atoms with Crippen LogP contribution in [-0.2, 0) is 0 Å². The summed E-state index contributed by atoms with van der Waals surface area (Å²) in [5.41, 5.74) is 5.45. The second kappa shape index (κ2) is 4.87. The van der Waals surface area contributed by atoms with Crippen molar-refractivity contribution in [1.29, 1.82) is 0 Å². The second-order valence-corrected chi connectivity index (χ2v) is 3.39. The first-order valence-electron chi connectivity index (χ1n) is 4.62. The van der Waals surface area contributed by atoms with E-state index in [4.69, 9.17) is 10.9 Å². The van der Waals surface area contributed by atoms with Crippen molar-refractivity contribution in [2.75, 3.05) is 0 Å². The highest BCUT2D eigenvalue weighted by atomic mass is 16.4. The fraction of sp³-hybridized carbons (Fsp3) is 0.667. The van der Waals surface area contributed by atoms with Crippen molar-refractivity contribution in [3.63, 3.8) is 0 Å². The first-order valence-corrected chi connectivity index (χ1v) is 4.62. The lowest BCUT2D eigenvalue weighted by Gasteiger charge is -2.23. The normalized spacial score (nSPS) is 25.9. The molecule has 0 spiro atoms. The van der Waals surface area contributed by atoms with Gasteiger partial charge in [0.15, 0.2) is 5.84 Å². The van der Waals surface area contributed by atoms with Crippen molar-refractivity contribution in [2.45, 2.75) is 38.3 Å². The van der Waals surface area contributed by atoms with E-state index >= 15 is 0 Å². The lowest BCUT2D eigenvalue weighted by atomic mass is 10.0. The molecular formula is C9H17N3O. The monoisotopic (exact) mass is 183 g/mol. The molecule has 0 saturated carbocycles. The van der Waals surface area contributed by atoms with Crippen LogP contribution in [0.4, 0.5) is 0 Å². The maximum atomic E-state index is 8.44. The van der Waals surface area contributed by atoms with Gasteiger partial charge in [-0.3, -0.25) is 0 Å². The third-order valence-electron chi connectivity index (χ3n) is 2.31. The number of nitrogens with zero attached hydrogens (tertiary/aromatic N) is 1. The van der Waals surface area contributed by atoms with Crippen molar-refractivity contribution in [3.8, 4) is 0 Å². The topological polar surface area (TPSA) is 70.6 Å². The molecule has 0 amide bonds. The summed E-state index contributed by atoms with van der Waals surface area (Å²) in [4.78, 5) is 0. The molecule has 2 atom stereocenters. The molecule has 0 aliphatic heterocycles. The minimum absolute atomic E-state index is 0.0542. The van der Waals surface area contributed by atoms with Crippen molar-refractivity contribution < 1.29 is 5.21 Å². The lowest BCUT2D eigenvalue weighted by Crippen LogP contribution is -2.44. The van der Waals surface area contributed by atoms with Gasteiger partial charge in [-0.2, -0.15) is 0 Å². The third-order valence-corrected chi connectivity index (χ3v) is 2.31. The summed E-state index contributed by atoms with van der Waals surface area (Å²) in [5.74, 6) is 0.245. The van der Waals surface area contributed by atoms with E-state index in [0.29, 0.717) is 6.04 Å². The van der Waals surface area contributed by atoms with Gasteiger partial charge in [-0.05, 0) is 26.2 Å². The average Bonchev–Trinajstić information content (AvgIpc) is 2.18. The summed E-state index contributed by atoms with van der Waals surface area (Å²) in [6.45, 7) is 1.90. The maximum Gasteiger partial charge on any atom is 0.156 e. The van der Waals surface area contributed by atoms with Crippen LogP contribution in [0, 0.1) is 0 Å². The van der Waals surface area contributed by atoms with Gasteiger partial charge in [-0.1, -0.05) is 17.3 Å². The van der Waals surface area contributed by atoms with E-state index in [1.54, 1.807) is 0 Å². The van der Waals surface area contributed by atoms with Crippen LogP contribution in [0.2, 0.25) is 0 Å². The summed E-state index contributed by atoms with van der Waals surface area (Å²) >= 11 is 0. The van der Waals surface area contributed by atoms with E-state index in [9.17, 15) is 0 Å². The Labute approximate surface area is 78.5 Å². The van der Waals surface area contributed by atoms with Gasteiger partial charge in [0.25, 0.3) is 0 Å². The Hall–Kier alpha value is -1.03. The molecule has 4 N–H and O–H groups in total. The summed E-state index contributed by atoms with van der Waals surface area (Å²) in [6, 6.07) is 0.404. The molecule has 4 heteroatoms. The van der Waals surface area contributed by atoms with Crippen LogP contribution in [0.15, 0.2) is 17.3 Å². The molecule has 0 saturated heterocycles. The number of oxime groups is 1. The van der Waals surface area contributed by atoms with Gasteiger partial charge in [-0.25, -0.2) is 0 Å². The SMILES string of the molecule is CC(NC1CC=CCC1)C(N)=NO. The van der Waals surface area contributed by atoms with E-state index in [1.165, 1.54) is 0 Å². The summed E-state index contributed by atoms with van der Waals surface area (Å²) in [6.07, 6.45) is 7.62. The average molecular weight is 183 g/mol. The quantitative estimate of drug-likeness (QED) is 0.199. The largest absolute Gasteiger partial charge is 0.409 e. The predicted octanol–water partition coefficient (Wildman–Crippen LogP) is 0.820. The van der Waals surface area contributed by atoms with Crippen LogP contribution in [0.3, 0.4) is 0 Å². The Morgan fingerprint density at radius 2 is 2.46 bits per heavy atom. The van der Waals surface area contributed by atoms with Gasteiger partial charge in [0.05, 0.1) is 6.04 Å². The van der Waals surface area contributed by atoms with E-state index in [-0.39, 0.29) is 11.9 Å². The lowest BCUT2D eigenvalue weighted by molar-refractivity contribution is 0.313. The maximum absolute atomic E-state index is 8.44. The van der Waals surface area contributed by atoms with Crippen molar-refractivity contribution in [1.82, 2.24) is 5.32 Å². The minimum Gasteiger partial charge on any atom is -0.409 e. The third kappa shape index (κ3) is 3.06. The minimum atomic E-state index is -0.0542. The van der Waals surface area contributed by atoms with E-state index in [2.05, 4.69) is 22.6 Å². The second-order valence-electron chi connectivity index (χ2n) is 3.39. The highest BCUT2D eigenvalue weighted by Gasteiger charge is 2.14. The fourth-order valence-electron chi connectivity index (χ4n) is 1.47. The number of hydrogen-bond acceptors (Lipinski definition) is 3. The van der Waals surface area contributed by atoms with Crippen LogP contribution >= 0.6 is 0 Å². The fourth-order valence-corrected chi connectivity index (χ4v) is 1.47.